The standard InChI is InChI=1S/C12H22N2O5S/c1-11(2,3)8(9(15)16)13-10(17)14-12(4)5-6-20(18,19)7-12/h8H,5-7H2,1-4H3,(H,15,16)(H2,13,14,17)/t8-,12?/m1/s1. The molecule has 0 spiro atoms. The first-order valence-electron chi connectivity index (χ1n) is 6.37. The number of sulfone groups is 1. The zero-order valence-corrected chi connectivity index (χ0v) is 13.0. The number of carboxylic acid groups (broad SMARTS) is 1. The lowest BCUT2D eigenvalue weighted by molar-refractivity contribution is -0.141. The van der Waals surface area contributed by atoms with Gasteiger partial charge < -0.3 is 15.7 Å². The Balaban J connectivity index is 2.71. The predicted molar refractivity (Wildman–Crippen MR) is 74.2 cm³/mol. The summed E-state index contributed by atoms with van der Waals surface area (Å²) in [6.07, 6.45) is 0.329. The Morgan fingerprint density at radius 2 is 1.85 bits per heavy atom. The van der Waals surface area contributed by atoms with E-state index in [1.165, 1.54) is 0 Å². The van der Waals surface area contributed by atoms with E-state index in [1.54, 1.807) is 27.7 Å². The topological polar surface area (TPSA) is 113 Å². The van der Waals surface area contributed by atoms with Crippen molar-refractivity contribution in [3.63, 3.8) is 0 Å². The molecule has 1 unspecified atom stereocenters. The number of urea groups is 1. The van der Waals surface area contributed by atoms with Crippen molar-refractivity contribution < 1.29 is 23.1 Å². The second-order valence-corrected chi connectivity index (χ2v) is 8.82. The number of carboxylic acids is 1. The fourth-order valence-electron chi connectivity index (χ4n) is 2.20. The minimum Gasteiger partial charge on any atom is -0.480 e. The molecule has 0 bridgehead atoms. The van der Waals surface area contributed by atoms with Crippen molar-refractivity contribution in [3.05, 3.63) is 0 Å². The predicted octanol–water partition coefficient (Wildman–Crippen LogP) is 0.362. The summed E-state index contributed by atoms with van der Waals surface area (Å²) in [5.41, 5.74) is -1.49. The largest absolute Gasteiger partial charge is 0.480 e. The third-order valence-corrected chi connectivity index (χ3v) is 5.21. The van der Waals surface area contributed by atoms with Crippen molar-refractivity contribution in [2.75, 3.05) is 11.5 Å². The molecule has 0 saturated carbocycles. The fourth-order valence-corrected chi connectivity index (χ4v) is 4.29. The molecule has 116 valence electrons. The van der Waals surface area contributed by atoms with E-state index in [0.717, 1.165) is 0 Å². The zero-order chi connectivity index (χ0) is 15.8. The summed E-state index contributed by atoms with van der Waals surface area (Å²) >= 11 is 0. The molecule has 8 heteroatoms. The summed E-state index contributed by atoms with van der Waals surface area (Å²) in [5, 5.41) is 14.1. The first kappa shape index (κ1) is 16.7. The molecule has 2 atom stereocenters. The van der Waals surface area contributed by atoms with Crippen molar-refractivity contribution in [2.45, 2.75) is 45.7 Å². The van der Waals surface area contributed by atoms with E-state index in [1.807, 2.05) is 0 Å². The number of aliphatic carboxylic acids is 1. The number of rotatable bonds is 3. The van der Waals surface area contributed by atoms with Gasteiger partial charge in [0.2, 0.25) is 0 Å². The summed E-state index contributed by atoms with van der Waals surface area (Å²) < 4.78 is 22.9. The first-order valence-corrected chi connectivity index (χ1v) is 8.19. The SMILES string of the molecule is CC1(NC(=O)N[C@H](C(=O)O)C(C)(C)C)CCS(=O)(=O)C1. The molecule has 1 aliphatic rings. The number of carbonyl (C=O) groups is 2. The van der Waals surface area contributed by atoms with Crippen molar-refractivity contribution in [3.8, 4) is 0 Å². The van der Waals surface area contributed by atoms with Crippen LogP contribution in [-0.4, -0.2) is 48.6 Å². The van der Waals surface area contributed by atoms with E-state index in [-0.39, 0.29) is 11.5 Å². The lowest BCUT2D eigenvalue weighted by atomic mass is 9.87. The number of hydrogen-bond acceptors (Lipinski definition) is 4. The molecule has 20 heavy (non-hydrogen) atoms. The Labute approximate surface area is 119 Å². The highest BCUT2D eigenvalue weighted by Crippen LogP contribution is 2.23. The van der Waals surface area contributed by atoms with E-state index < -0.39 is 38.8 Å². The Kier molecular flexibility index (Phi) is 4.38. The van der Waals surface area contributed by atoms with Crippen LogP contribution in [0, 0.1) is 5.41 Å². The summed E-state index contributed by atoms with van der Waals surface area (Å²) in [5.74, 6) is -1.22. The molecule has 0 aliphatic carbocycles. The van der Waals surface area contributed by atoms with E-state index in [2.05, 4.69) is 10.6 Å². The van der Waals surface area contributed by atoms with Gasteiger partial charge in [-0.25, -0.2) is 18.0 Å². The van der Waals surface area contributed by atoms with Gasteiger partial charge in [-0.05, 0) is 18.8 Å². The van der Waals surface area contributed by atoms with Crippen LogP contribution in [0.3, 0.4) is 0 Å². The maximum atomic E-state index is 11.9. The van der Waals surface area contributed by atoms with Gasteiger partial charge in [-0.3, -0.25) is 0 Å². The van der Waals surface area contributed by atoms with Gasteiger partial charge in [-0.1, -0.05) is 20.8 Å². The van der Waals surface area contributed by atoms with Crippen LogP contribution in [-0.2, 0) is 14.6 Å². The van der Waals surface area contributed by atoms with Crippen LogP contribution in [0.1, 0.15) is 34.1 Å². The third kappa shape index (κ3) is 4.36. The molecule has 1 heterocycles. The maximum Gasteiger partial charge on any atom is 0.326 e. The van der Waals surface area contributed by atoms with Crippen LogP contribution < -0.4 is 10.6 Å². The van der Waals surface area contributed by atoms with E-state index in [0.29, 0.717) is 6.42 Å². The van der Waals surface area contributed by atoms with Gasteiger partial charge in [0.1, 0.15) is 6.04 Å². The second kappa shape index (κ2) is 5.23. The Morgan fingerprint density at radius 3 is 2.20 bits per heavy atom. The Bertz CT molecular complexity index is 508. The molecule has 0 aromatic heterocycles. The van der Waals surface area contributed by atoms with Gasteiger partial charge >= 0.3 is 12.0 Å². The van der Waals surface area contributed by atoms with Gasteiger partial charge in [0.25, 0.3) is 0 Å². The van der Waals surface area contributed by atoms with Crippen LogP contribution in [0.15, 0.2) is 0 Å². The molecule has 3 N–H and O–H groups in total. The van der Waals surface area contributed by atoms with E-state index in [4.69, 9.17) is 5.11 Å². The molecule has 1 aliphatic heterocycles. The molecule has 0 aromatic rings. The fraction of sp³-hybridized carbons (Fsp3) is 0.833. The van der Waals surface area contributed by atoms with Crippen molar-refractivity contribution in [1.29, 1.82) is 0 Å². The Hall–Kier alpha value is -1.31. The molecule has 2 amide bonds. The van der Waals surface area contributed by atoms with Gasteiger partial charge in [-0.2, -0.15) is 0 Å². The number of nitrogens with one attached hydrogen (secondary N) is 2. The summed E-state index contributed by atoms with van der Waals surface area (Å²) in [6, 6.07) is -1.71. The van der Waals surface area contributed by atoms with Gasteiger partial charge in [0.05, 0.1) is 17.0 Å². The maximum absolute atomic E-state index is 11.9. The quantitative estimate of drug-likeness (QED) is 0.697. The zero-order valence-electron chi connectivity index (χ0n) is 12.2. The van der Waals surface area contributed by atoms with Crippen LogP contribution in [0.4, 0.5) is 4.79 Å². The van der Waals surface area contributed by atoms with E-state index >= 15 is 0 Å². The average Bonchev–Trinajstić information content (AvgIpc) is 2.47. The molecule has 0 aromatic carbocycles. The molecular weight excluding hydrogens is 284 g/mol. The lowest BCUT2D eigenvalue weighted by Crippen LogP contribution is -2.57. The normalized spacial score (nSPS) is 26.8. The Morgan fingerprint density at radius 1 is 1.30 bits per heavy atom. The second-order valence-electron chi connectivity index (χ2n) is 6.64. The molecule has 1 saturated heterocycles. The third-order valence-electron chi connectivity index (χ3n) is 3.31. The van der Waals surface area contributed by atoms with Crippen LogP contribution >= 0.6 is 0 Å². The van der Waals surface area contributed by atoms with Crippen LogP contribution in [0.2, 0.25) is 0 Å². The van der Waals surface area contributed by atoms with Gasteiger partial charge in [0.15, 0.2) is 9.84 Å². The number of hydrogen-bond donors (Lipinski definition) is 3. The molecule has 1 fully saturated rings. The lowest BCUT2D eigenvalue weighted by Gasteiger charge is -2.30. The summed E-state index contributed by atoms with van der Waals surface area (Å²) in [4.78, 5) is 23.1. The highest BCUT2D eigenvalue weighted by atomic mass is 32.2. The number of amides is 2. The highest BCUT2D eigenvalue weighted by molar-refractivity contribution is 7.91. The first-order chi connectivity index (χ1) is 8.85. The smallest absolute Gasteiger partial charge is 0.326 e. The molecular formula is C12H22N2O5S. The summed E-state index contributed by atoms with van der Waals surface area (Å²) in [6.45, 7) is 6.75. The monoisotopic (exact) mass is 306 g/mol. The number of carbonyl (C=O) groups excluding carboxylic acids is 1. The average molecular weight is 306 g/mol. The van der Waals surface area contributed by atoms with Crippen molar-refractivity contribution in [2.24, 2.45) is 5.41 Å². The van der Waals surface area contributed by atoms with Gasteiger partial charge in [0, 0.05) is 0 Å². The highest BCUT2D eigenvalue weighted by Gasteiger charge is 2.40. The molecule has 0 radical (unpaired) electrons. The van der Waals surface area contributed by atoms with Crippen LogP contribution in [0.5, 0.6) is 0 Å². The minimum atomic E-state index is -3.13. The summed E-state index contributed by atoms with van der Waals surface area (Å²) in [7, 11) is -3.13. The van der Waals surface area contributed by atoms with Crippen molar-refractivity contribution in [1.82, 2.24) is 10.6 Å². The van der Waals surface area contributed by atoms with Gasteiger partial charge in [-0.15, -0.1) is 0 Å². The molecule has 7 nitrogen and oxygen atoms in total. The van der Waals surface area contributed by atoms with E-state index in [9.17, 15) is 18.0 Å². The minimum absolute atomic E-state index is 0.0331. The van der Waals surface area contributed by atoms with Crippen LogP contribution in [0.25, 0.3) is 0 Å². The van der Waals surface area contributed by atoms with Crippen molar-refractivity contribution >= 4 is 21.8 Å². The molecule has 1 rings (SSSR count).